The quantitative estimate of drug-likeness (QED) is 0.555. The van der Waals surface area contributed by atoms with Crippen molar-refractivity contribution in [3.8, 4) is 11.8 Å². The van der Waals surface area contributed by atoms with E-state index in [1.54, 1.807) is 13.0 Å². The molecule has 0 unspecified atom stereocenters. The lowest BCUT2D eigenvalue weighted by Gasteiger charge is -2.14. The van der Waals surface area contributed by atoms with Gasteiger partial charge in [0.25, 0.3) is 11.8 Å². The molecule has 0 aliphatic heterocycles. The van der Waals surface area contributed by atoms with Crippen LogP contribution in [0.3, 0.4) is 0 Å². The van der Waals surface area contributed by atoms with Crippen molar-refractivity contribution in [3.05, 3.63) is 17.2 Å². The normalized spacial score (nSPS) is 10.7. The predicted molar refractivity (Wildman–Crippen MR) is 70.6 cm³/mol. The average molecular weight is 281 g/mol. The van der Waals surface area contributed by atoms with Crippen LogP contribution in [0.15, 0.2) is 6.07 Å². The summed E-state index contributed by atoms with van der Waals surface area (Å²) in [5.74, 6) is 0.455. The maximum atomic E-state index is 9.53. The number of methoxy groups -OCH3 is 2. The van der Waals surface area contributed by atoms with Gasteiger partial charge in [0, 0.05) is 5.56 Å². The van der Waals surface area contributed by atoms with Gasteiger partial charge in [-0.15, -0.1) is 4.99 Å². The summed E-state index contributed by atoms with van der Waals surface area (Å²) in [5.41, 5.74) is 4.97. The van der Waals surface area contributed by atoms with E-state index in [0.717, 1.165) is 0 Å². The number of ether oxygens (including phenoxy) is 2. The summed E-state index contributed by atoms with van der Waals surface area (Å²) < 4.78 is 10.2. The molecule has 0 aliphatic carbocycles. The monoisotopic (exact) mass is 281 g/mol. The summed E-state index contributed by atoms with van der Waals surface area (Å²) in [6.07, 6.45) is 0. The minimum absolute atomic E-state index is 0.226. The Morgan fingerprint density at radius 2 is 1.85 bits per heavy atom. The van der Waals surface area contributed by atoms with E-state index >= 15 is 0 Å². The number of nitrogens with one attached hydrogen (secondary N) is 1. The van der Waals surface area contributed by atoms with Crippen LogP contribution >= 0.6 is 0 Å². The van der Waals surface area contributed by atoms with Crippen molar-refractivity contribution in [1.29, 1.82) is 0 Å². The molecule has 8 nitrogen and oxygen atoms in total. The first-order valence-corrected chi connectivity index (χ1v) is 5.75. The largest absolute Gasteiger partial charge is 0.477 e. The second-order valence-electron chi connectivity index (χ2n) is 3.99. The lowest BCUT2D eigenvalue weighted by atomic mass is 10.0. The van der Waals surface area contributed by atoms with Crippen molar-refractivity contribution >= 4 is 16.7 Å². The number of aliphatic hydroxyl groups is 1. The molecule has 0 aliphatic rings. The SMILES string of the molecule is COc1nc2cc(NOO)c(C)c(CO)c2nc1OC. The van der Waals surface area contributed by atoms with E-state index < -0.39 is 0 Å². The van der Waals surface area contributed by atoms with Crippen molar-refractivity contribution in [1.82, 2.24) is 9.97 Å². The zero-order valence-electron chi connectivity index (χ0n) is 11.3. The number of rotatable bonds is 5. The van der Waals surface area contributed by atoms with Gasteiger partial charge in [0.1, 0.15) is 0 Å². The molecule has 20 heavy (non-hydrogen) atoms. The van der Waals surface area contributed by atoms with Crippen LogP contribution in [0.5, 0.6) is 11.8 Å². The molecular formula is C12H15N3O5. The van der Waals surface area contributed by atoms with Crippen LogP contribution in [0.1, 0.15) is 11.1 Å². The molecule has 1 aromatic heterocycles. The Kier molecular flexibility index (Phi) is 4.18. The molecule has 1 heterocycles. The van der Waals surface area contributed by atoms with E-state index in [-0.39, 0.29) is 18.4 Å². The number of aliphatic hydroxyl groups excluding tert-OH is 1. The van der Waals surface area contributed by atoms with Crippen LogP contribution in [0, 0.1) is 6.92 Å². The fourth-order valence-electron chi connectivity index (χ4n) is 1.94. The van der Waals surface area contributed by atoms with Crippen LogP contribution in [0.4, 0.5) is 5.69 Å². The summed E-state index contributed by atoms with van der Waals surface area (Å²) in [6, 6.07) is 1.62. The van der Waals surface area contributed by atoms with Gasteiger partial charge in [0.05, 0.1) is 37.5 Å². The van der Waals surface area contributed by atoms with E-state index in [2.05, 4.69) is 20.4 Å². The van der Waals surface area contributed by atoms with Gasteiger partial charge in [0.2, 0.25) is 0 Å². The molecule has 0 atom stereocenters. The smallest absolute Gasteiger partial charge is 0.278 e. The summed E-state index contributed by atoms with van der Waals surface area (Å²) in [5, 5.41) is 18.0. The van der Waals surface area contributed by atoms with Crippen LogP contribution in [0.25, 0.3) is 11.0 Å². The minimum Gasteiger partial charge on any atom is -0.477 e. The Labute approximate surface area is 114 Å². The van der Waals surface area contributed by atoms with Crippen molar-refractivity contribution in [3.63, 3.8) is 0 Å². The Bertz CT molecular complexity index is 632. The van der Waals surface area contributed by atoms with Gasteiger partial charge in [-0.3, -0.25) is 0 Å². The first kappa shape index (κ1) is 14.3. The number of benzene rings is 1. The van der Waals surface area contributed by atoms with E-state index in [1.165, 1.54) is 14.2 Å². The summed E-state index contributed by atoms with van der Waals surface area (Å²) in [6.45, 7) is 1.51. The van der Waals surface area contributed by atoms with E-state index in [4.69, 9.17) is 14.7 Å². The fraction of sp³-hybridized carbons (Fsp3) is 0.333. The molecule has 0 saturated carbocycles. The summed E-state index contributed by atoms with van der Waals surface area (Å²) >= 11 is 0. The van der Waals surface area contributed by atoms with Gasteiger partial charge in [0.15, 0.2) is 0 Å². The van der Waals surface area contributed by atoms with E-state index in [1.807, 2.05) is 0 Å². The van der Waals surface area contributed by atoms with Crippen LogP contribution < -0.4 is 15.0 Å². The third-order valence-corrected chi connectivity index (χ3v) is 2.98. The van der Waals surface area contributed by atoms with Crippen molar-refractivity contribution in [2.75, 3.05) is 19.7 Å². The van der Waals surface area contributed by atoms with Gasteiger partial charge >= 0.3 is 0 Å². The zero-order chi connectivity index (χ0) is 14.7. The number of aromatic nitrogens is 2. The summed E-state index contributed by atoms with van der Waals surface area (Å²) in [7, 11) is 2.91. The van der Waals surface area contributed by atoms with Crippen molar-refractivity contribution < 1.29 is 24.8 Å². The molecule has 0 bridgehead atoms. The zero-order valence-corrected chi connectivity index (χ0v) is 11.3. The third-order valence-electron chi connectivity index (χ3n) is 2.98. The number of hydrogen-bond donors (Lipinski definition) is 3. The Hall–Kier alpha value is -2.16. The molecule has 1 aromatic carbocycles. The van der Waals surface area contributed by atoms with Crippen LogP contribution in [-0.4, -0.2) is 34.6 Å². The molecule has 8 heteroatoms. The first-order chi connectivity index (χ1) is 9.65. The predicted octanol–water partition coefficient (Wildman–Crippen LogP) is 1.26. The molecule has 2 rings (SSSR count). The second kappa shape index (κ2) is 5.87. The molecule has 0 saturated heterocycles. The standard InChI is InChI=1S/C12H15N3O5/c1-6-7(5-16)10-9(4-8(6)15-20-17)13-11(18-2)12(14-10)19-3/h4,15-17H,5H2,1-3H3. The molecule has 0 spiro atoms. The molecule has 0 fully saturated rings. The van der Waals surface area contributed by atoms with E-state index in [9.17, 15) is 5.11 Å². The van der Waals surface area contributed by atoms with Crippen LogP contribution in [0.2, 0.25) is 0 Å². The van der Waals surface area contributed by atoms with E-state index in [0.29, 0.717) is 27.8 Å². The number of nitrogens with zero attached hydrogens (tertiary/aromatic N) is 2. The van der Waals surface area contributed by atoms with Gasteiger partial charge in [-0.25, -0.2) is 20.7 Å². The fourth-order valence-corrected chi connectivity index (χ4v) is 1.94. The second-order valence-corrected chi connectivity index (χ2v) is 3.99. The highest BCUT2D eigenvalue weighted by molar-refractivity contribution is 5.85. The number of hydrogen-bond acceptors (Lipinski definition) is 8. The summed E-state index contributed by atoms with van der Waals surface area (Å²) in [4.78, 5) is 12.5. The lowest BCUT2D eigenvalue weighted by molar-refractivity contribution is -0.215. The Balaban J connectivity index is 2.77. The van der Waals surface area contributed by atoms with Gasteiger partial charge in [-0.1, -0.05) is 0 Å². The molecular weight excluding hydrogens is 266 g/mol. The van der Waals surface area contributed by atoms with Gasteiger partial charge in [-0.2, -0.15) is 0 Å². The average Bonchev–Trinajstić information content (AvgIpc) is 2.47. The maximum Gasteiger partial charge on any atom is 0.278 e. The van der Waals surface area contributed by atoms with Crippen molar-refractivity contribution in [2.45, 2.75) is 13.5 Å². The van der Waals surface area contributed by atoms with Crippen molar-refractivity contribution in [2.24, 2.45) is 0 Å². The topological polar surface area (TPSA) is 106 Å². The minimum atomic E-state index is -0.243. The molecule has 0 radical (unpaired) electrons. The Morgan fingerprint density at radius 3 is 2.40 bits per heavy atom. The molecule has 0 amide bonds. The highest BCUT2D eigenvalue weighted by Gasteiger charge is 2.16. The molecule has 108 valence electrons. The Morgan fingerprint density at radius 1 is 1.20 bits per heavy atom. The molecule has 2 aromatic rings. The van der Waals surface area contributed by atoms with Gasteiger partial charge in [-0.05, 0) is 18.6 Å². The highest BCUT2D eigenvalue weighted by Crippen LogP contribution is 2.31. The van der Waals surface area contributed by atoms with Crippen LogP contribution in [-0.2, 0) is 11.6 Å². The number of fused-ring (bicyclic) bond motifs is 1. The molecule has 3 N–H and O–H groups in total. The van der Waals surface area contributed by atoms with Gasteiger partial charge < -0.3 is 14.6 Å². The first-order valence-electron chi connectivity index (χ1n) is 5.75. The maximum absolute atomic E-state index is 9.53. The highest BCUT2D eigenvalue weighted by atomic mass is 17.2. The number of anilines is 1. The lowest BCUT2D eigenvalue weighted by Crippen LogP contribution is -2.05. The third kappa shape index (κ3) is 2.31.